The Kier molecular flexibility index (Phi) is 5.25. The largest absolute Gasteiger partial charge is 0.339 e. The molecule has 1 heterocycles. The fraction of sp³-hybridized carbons (Fsp3) is 0.818. The van der Waals surface area contributed by atoms with Crippen LogP contribution in [0, 0.1) is 0 Å². The standard InChI is InChI=1S/C11H22N4O/c1-4-7-9(8-12)10-13-11(14-16-10)15(5-2)6-3/h9H,4-8,12H2,1-3H3. The van der Waals surface area contributed by atoms with Crippen LogP contribution in [-0.4, -0.2) is 29.8 Å². The molecule has 1 unspecified atom stereocenters. The molecule has 0 saturated carbocycles. The lowest BCUT2D eigenvalue weighted by Crippen LogP contribution is -2.23. The van der Waals surface area contributed by atoms with Gasteiger partial charge >= 0.3 is 0 Å². The Hall–Kier alpha value is -1.10. The van der Waals surface area contributed by atoms with Gasteiger partial charge in [-0.1, -0.05) is 13.3 Å². The number of nitrogens with two attached hydrogens (primary N) is 1. The minimum atomic E-state index is 0.196. The Morgan fingerprint density at radius 2 is 2.00 bits per heavy atom. The number of hydrogen-bond acceptors (Lipinski definition) is 5. The highest BCUT2D eigenvalue weighted by Gasteiger charge is 2.18. The molecule has 0 aliphatic carbocycles. The molecule has 0 fully saturated rings. The first kappa shape index (κ1) is 13.0. The van der Waals surface area contributed by atoms with E-state index in [2.05, 4.69) is 35.8 Å². The topological polar surface area (TPSA) is 68.2 Å². The minimum Gasteiger partial charge on any atom is -0.339 e. The molecule has 1 rings (SSSR count). The van der Waals surface area contributed by atoms with Gasteiger partial charge in [0, 0.05) is 19.6 Å². The Morgan fingerprint density at radius 3 is 2.50 bits per heavy atom. The average Bonchev–Trinajstić information content (AvgIpc) is 2.77. The molecule has 0 saturated heterocycles. The summed E-state index contributed by atoms with van der Waals surface area (Å²) in [4.78, 5) is 6.47. The third-order valence-corrected chi connectivity index (χ3v) is 2.75. The highest BCUT2D eigenvalue weighted by atomic mass is 16.5. The van der Waals surface area contributed by atoms with Crippen molar-refractivity contribution in [1.29, 1.82) is 0 Å². The van der Waals surface area contributed by atoms with Gasteiger partial charge in [-0.25, -0.2) is 0 Å². The van der Waals surface area contributed by atoms with Crippen LogP contribution in [0.2, 0.25) is 0 Å². The molecule has 92 valence electrons. The predicted molar refractivity (Wildman–Crippen MR) is 64.6 cm³/mol. The molecule has 5 nitrogen and oxygen atoms in total. The summed E-state index contributed by atoms with van der Waals surface area (Å²) in [5.41, 5.74) is 5.70. The van der Waals surface area contributed by atoms with Gasteiger partial charge in [-0.05, 0) is 25.4 Å². The zero-order chi connectivity index (χ0) is 12.0. The Bertz CT molecular complexity index is 296. The second-order valence-electron chi connectivity index (χ2n) is 3.83. The average molecular weight is 226 g/mol. The zero-order valence-electron chi connectivity index (χ0n) is 10.4. The van der Waals surface area contributed by atoms with E-state index in [-0.39, 0.29) is 5.92 Å². The van der Waals surface area contributed by atoms with Gasteiger partial charge in [-0.2, -0.15) is 4.98 Å². The lowest BCUT2D eigenvalue weighted by atomic mass is 10.0. The predicted octanol–water partition coefficient (Wildman–Crippen LogP) is 1.76. The summed E-state index contributed by atoms with van der Waals surface area (Å²) in [6, 6.07) is 0. The van der Waals surface area contributed by atoms with Crippen LogP contribution < -0.4 is 10.6 Å². The second kappa shape index (κ2) is 6.48. The van der Waals surface area contributed by atoms with Gasteiger partial charge in [-0.15, -0.1) is 0 Å². The van der Waals surface area contributed by atoms with Gasteiger partial charge in [0.15, 0.2) is 0 Å². The Morgan fingerprint density at radius 1 is 1.31 bits per heavy atom. The number of hydrogen-bond donors (Lipinski definition) is 1. The van der Waals surface area contributed by atoms with Crippen molar-refractivity contribution in [3.8, 4) is 0 Å². The first-order chi connectivity index (χ1) is 7.76. The maximum atomic E-state index is 5.70. The molecule has 0 amide bonds. The van der Waals surface area contributed by atoms with E-state index in [0.29, 0.717) is 18.4 Å². The lowest BCUT2D eigenvalue weighted by molar-refractivity contribution is 0.346. The normalized spacial score (nSPS) is 12.8. The van der Waals surface area contributed by atoms with Crippen molar-refractivity contribution in [3.05, 3.63) is 5.89 Å². The molecule has 0 aromatic carbocycles. The number of rotatable bonds is 7. The molecule has 0 bridgehead atoms. The summed E-state index contributed by atoms with van der Waals surface area (Å²) >= 11 is 0. The molecule has 0 aliphatic heterocycles. The van der Waals surface area contributed by atoms with Crippen LogP contribution >= 0.6 is 0 Å². The van der Waals surface area contributed by atoms with E-state index >= 15 is 0 Å². The molecule has 1 aromatic rings. The third-order valence-electron chi connectivity index (χ3n) is 2.75. The summed E-state index contributed by atoms with van der Waals surface area (Å²) in [6.45, 7) is 8.61. The summed E-state index contributed by atoms with van der Waals surface area (Å²) < 4.78 is 5.27. The molecule has 1 atom stereocenters. The molecule has 0 spiro atoms. The quantitative estimate of drug-likeness (QED) is 0.767. The van der Waals surface area contributed by atoms with E-state index < -0.39 is 0 Å². The first-order valence-corrected chi connectivity index (χ1v) is 6.05. The highest BCUT2D eigenvalue weighted by Crippen LogP contribution is 2.20. The van der Waals surface area contributed by atoms with Crippen LogP contribution in [0.3, 0.4) is 0 Å². The first-order valence-electron chi connectivity index (χ1n) is 6.05. The van der Waals surface area contributed by atoms with Gasteiger partial charge in [0.1, 0.15) is 0 Å². The smallest absolute Gasteiger partial charge is 0.266 e. The van der Waals surface area contributed by atoms with Gasteiger partial charge in [-0.3, -0.25) is 0 Å². The maximum Gasteiger partial charge on any atom is 0.266 e. The molecule has 0 radical (unpaired) electrons. The zero-order valence-corrected chi connectivity index (χ0v) is 10.4. The van der Waals surface area contributed by atoms with E-state index in [1.54, 1.807) is 0 Å². The fourth-order valence-electron chi connectivity index (χ4n) is 1.72. The molecule has 2 N–H and O–H groups in total. The van der Waals surface area contributed by atoms with Crippen molar-refractivity contribution in [2.75, 3.05) is 24.5 Å². The van der Waals surface area contributed by atoms with Crippen LogP contribution in [0.25, 0.3) is 0 Å². The van der Waals surface area contributed by atoms with E-state index in [1.165, 1.54) is 0 Å². The van der Waals surface area contributed by atoms with Crippen LogP contribution in [0.4, 0.5) is 5.95 Å². The van der Waals surface area contributed by atoms with Crippen molar-refractivity contribution >= 4 is 5.95 Å². The van der Waals surface area contributed by atoms with Crippen molar-refractivity contribution in [1.82, 2.24) is 10.1 Å². The molecule has 5 heteroatoms. The van der Waals surface area contributed by atoms with Gasteiger partial charge in [0.25, 0.3) is 5.95 Å². The van der Waals surface area contributed by atoms with Crippen LogP contribution in [0.1, 0.15) is 45.4 Å². The third kappa shape index (κ3) is 2.95. The highest BCUT2D eigenvalue weighted by molar-refractivity contribution is 5.27. The summed E-state index contributed by atoms with van der Waals surface area (Å²) in [6.07, 6.45) is 2.07. The van der Waals surface area contributed by atoms with Crippen molar-refractivity contribution in [2.24, 2.45) is 5.73 Å². The maximum absolute atomic E-state index is 5.70. The SMILES string of the molecule is CCCC(CN)c1nc(N(CC)CC)no1. The summed E-state index contributed by atoms with van der Waals surface area (Å²) in [5.74, 6) is 1.54. The summed E-state index contributed by atoms with van der Waals surface area (Å²) in [7, 11) is 0. The number of nitrogens with zero attached hydrogens (tertiary/aromatic N) is 3. The van der Waals surface area contributed by atoms with E-state index in [0.717, 1.165) is 25.9 Å². The van der Waals surface area contributed by atoms with Crippen molar-refractivity contribution < 1.29 is 4.52 Å². The van der Waals surface area contributed by atoms with Crippen LogP contribution in [0.15, 0.2) is 4.52 Å². The van der Waals surface area contributed by atoms with Crippen molar-refractivity contribution in [3.63, 3.8) is 0 Å². The van der Waals surface area contributed by atoms with E-state index in [9.17, 15) is 0 Å². The molecule has 16 heavy (non-hydrogen) atoms. The van der Waals surface area contributed by atoms with Crippen LogP contribution in [0.5, 0.6) is 0 Å². The number of anilines is 1. The summed E-state index contributed by atoms with van der Waals surface area (Å²) in [5, 5.41) is 3.99. The van der Waals surface area contributed by atoms with Gasteiger partial charge < -0.3 is 15.2 Å². The monoisotopic (exact) mass is 226 g/mol. The molecule has 1 aromatic heterocycles. The minimum absolute atomic E-state index is 0.196. The van der Waals surface area contributed by atoms with Crippen LogP contribution in [-0.2, 0) is 0 Å². The van der Waals surface area contributed by atoms with Crippen molar-refractivity contribution in [2.45, 2.75) is 39.5 Å². The van der Waals surface area contributed by atoms with Gasteiger partial charge in [0.05, 0.1) is 5.92 Å². The molecule has 0 aliphatic rings. The number of aromatic nitrogens is 2. The Balaban J connectivity index is 2.75. The Labute approximate surface area is 97.0 Å². The fourth-order valence-corrected chi connectivity index (χ4v) is 1.72. The molecular formula is C11H22N4O. The second-order valence-corrected chi connectivity index (χ2v) is 3.83. The van der Waals surface area contributed by atoms with E-state index in [1.807, 2.05) is 0 Å². The lowest BCUT2D eigenvalue weighted by Gasteiger charge is -2.14. The molecular weight excluding hydrogens is 204 g/mol. The van der Waals surface area contributed by atoms with E-state index in [4.69, 9.17) is 10.3 Å². The van der Waals surface area contributed by atoms with Gasteiger partial charge in [0.2, 0.25) is 5.89 Å².